The van der Waals surface area contributed by atoms with E-state index in [-0.39, 0.29) is 0 Å². The number of para-hydroxylation sites is 2. The average Bonchev–Trinajstić information content (AvgIpc) is 3.69. The molecule has 12 rings (SSSR count). The standard InChI is InChI=1S/C56H35N5/c1-3-11-39(12-4-1)54-58-55(40-23-19-36(20-24-40)38-31-33-57-34-32-38)60-56(59-54)41-25-21-37(22-26-41)42-27-28-47-49(35-42)45-16-8-7-15-44(45)46-29-30-51-53(52(46)47)48-17-9-10-18-50(48)61(51)43-13-5-2-6-14-43/h1-35H. The van der Waals surface area contributed by atoms with Crippen molar-refractivity contribution in [3.63, 3.8) is 0 Å². The molecule has 0 spiro atoms. The predicted molar refractivity (Wildman–Crippen MR) is 252 cm³/mol. The molecule has 61 heavy (non-hydrogen) atoms. The Hall–Kier alpha value is -8.28. The number of hydrogen-bond donors (Lipinski definition) is 0. The molecule has 0 saturated carbocycles. The van der Waals surface area contributed by atoms with Crippen molar-refractivity contribution in [2.24, 2.45) is 0 Å². The number of pyridine rings is 1. The largest absolute Gasteiger partial charge is 0.309 e. The van der Waals surface area contributed by atoms with Crippen LogP contribution in [-0.2, 0) is 0 Å². The van der Waals surface area contributed by atoms with Crippen LogP contribution in [0.2, 0.25) is 0 Å². The highest BCUT2D eigenvalue weighted by molar-refractivity contribution is 6.35. The molecule has 3 aromatic heterocycles. The molecule has 0 aliphatic rings. The molecule has 0 saturated heterocycles. The van der Waals surface area contributed by atoms with E-state index in [4.69, 9.17) is 15.0 Å². The van der Waals surface area contributed by atoms with Crippen molar-refractivity contribution in [1.29, 1.82) is 0 Å². The maximum atomic E-state index is 5.04. The molecule has 9 aromatic carbocycles. The number of hydrogen-bond acceptors (Lipinski definition) is 4. The lowest BCUT2D eigenvalue weighted by molar-refractivity contribution is 1.07. The molecule has 0 N–H and O–H groups in total. The average molecular weight is 778 g/mol. The van der Waals surface area contributed by atoms with Crippen LogP contribution in [0, 0.1) is 0 Å². The van der Waals surface area contributed by atoms with Gasteiger partial charge in [0.05, 0.1) is 11.0 Å². The van der Waals surface area contributed by atoms with Gasteiger partial charge in [0.2, 0.25) is 0 Å². The lowest BCUT2D eigenvalue weighted by Crippen LogP contribution is -2.00. The fraction of sp³-hybridized carbons (Fsp3) is 0. The van der Waals surface area contributed by atoms with E-state index in [1.54, 1.807) is 0 Å². The van der Waals surface area contributed by atoms with Gasteiger partial charge < -0.3 is 4.57 Å². The normalized spacial score (nSPS) is 11.6. The second-order valence-corrected chi connectivity index (χ2v) is 15.4. The third-order valence-corrected chi connectivity index (χ3v) is 11.9. The molecule has 0 aliphatic heterocycles. The summed E-state index contributed by atoms with van der Waals surface area (Å²) in [5, 5.41) is 10.1. The lowest BCUT2D eigenvalue weighted by atomic mass is 9.90. The van der Waals surface area contributed by atoms with Crippen LogP contribution in [0.25, 0.3) is 116 Å². The third-order valence-electron chi connectivity index (χ3n) is 11.9. The molecule has 0 amide bonds. The van der Waals surface area contributed by atoms with Crippen molar-refractivity contribution in [2.75, 3.05) is 0 Å². The number of nitrogens with zero attached hydrogens (tertiary/aromatic N) is 5. The van der Waals surface area contributed by atoms with Crippen molar-refractivity contribution < 1.29 is 0 Å². The Bertz CT molecular complexity index is 3600. The quantitative estimate of drug-likeness (QED) is 0.158. The molecule has 12 aromatic rings. The second-order valence-electron chi connectivity index (χ2n) is 15.4. The minimum Gasteiger partial charge on any atom is -0.309 e. The summed E-state index contributed by atoms with van der Waals surface area (Å²) in [6.45, 7) is 0. The zero-order valence-corrected chi connectivity index (χ0v) is 32.9. The van der Waals surface area contributed by atoms with Crippen LogP contribution in [0.5, 0.6) is 0 Å². The molecule has 0 atom stereocenters. The smallest absolute Gasteiger partial charge is 0.164 e. The molecule has 0 bridgehead atoms. The van der Waals surface area contributed by atoms with E-state index < -0.39 is 0 Å². The SMILES string of the molecule is c1ccc(-c2nc(-c3ccc(-c4ccncc4)cc3)nc(-c3ccc(-c4ccc5c(c4)c4ccccc4c4ccc6c(c7ccccc7n6-c6ccccc6)c45)cc3)n2)cc1. The fourth-order valence-electron chi connectivity index (χ4n) is 9.06. The lowest BCUT2D eigenvalue weighted by Gasteiger charge is -2.14. The Morgan fingerprint density at radius 1 is 0.279 bits per heavy atom. The zero-order chi connectivity index (χ0) is 40.3. The van der Waals surface area contributed by atoms with Gasteiger partial charge >= 0.3 is 0 Å². The summed E-state index contributed by atoms with van der Waals surface area (Å²) in [6, 6.07) is 71.0. The van der Waals surface area contributed by atoms with Gasteiger partial charge in [-0.05, 0) is 91.6 Å². The van der Waals surface area contributed by atoms with Gasteiger partial charge in [-0.1, -0.05) is 158 Å². The summed E-state index contributed by atoms with van der Waals surface area (Å²) in [5.41, 5.74) is 10.8. The number of aromatic nitrogens is 5. The van der Waals surface area contributed by atoms with E-state index in [0.29, 0.717) is 17.5 Å². The number of rotatable bonds is 6. The molecule has 0 unspecified atom stereocenters. The maximum Gasteiger partial charge on any atom is 0.164 e. The Labute approximate surface area is 351 Å². The highest BCUT2D eigenvalue weighted by Gasteiger charge is 2.19. The molecule has 0 aliphatic carbocycles. The summed E-state index contributed by atoms with van der Waals surface area (Å²) in [6.07, 6.45) is 3.62. The Morgan fingerprint density at radius 3 is 1.39 bits per heavy atom. The minimum atomic E-state index is 0.628. The van der Waals surface area contributed by atoms with Gasteiger partial charge in [0.15, 0.2) is 17.5 Å². The van der Waals surface area contributed by atoms with Crippen molar-refractivity contribution in [3.8, 4) is 62.1 Å². The first kappa shape index (κ1) is 34.7. The molecule has 5 heteroatoms. The van der Waals surface area contributed by atoms with Crippen molar-refractivity contribution in [1.82, 2.24) is 24.5 Å². The fourth-order valence-corrected chi connectivity index (χ4v) is 9.06. The second kappa shape index (κ2) is 14.2. The van der Waals surface area contributed by atoms with Crippen LogP contribution in [0.4, 0.5) is 0 Å². The summed E-state index contributed by atoms with van der Waals surface area (Å²) >= 11 is 0. The van der Waals surface area contributed by atoms with Crippen LogP contribution in [0.1, 0.15) is 0 Å². The molecular weight excluding hydrogens is 743 g/mol. The Kier molecular flexibility index (Phi) is 8.10. The van der Waals surface area contributed by atoms with Crippen LogP contribution in [-0.4, -0.2) is 24.5 Å². The van der Waals surface area contributed by atoms with Gasteiger partial charge in [-0.25, -0.2) is 15.0 Å². The highest BCUT2D eigenvalue weighted by Crippen LogP contribution is 2.44. The van der Waals surface area contributed by atoms with Gasteiger partial charge in [0.25, 0.3) is 0 Å². The van der Waals surface area contributed by atoms with E-state index in [9.17, 15) is 0 Å². The van der Waals surface area contributed by atoms with Crippen LogP contribution in [0.15, 0.2) is 213 Å². The zero-order valence-electron chi connectivity index (χ0n) is 32.9. The van der Waals surface area contributed by atoms with Gasteiger partial charge in [-0.2, -0.15) is 0 Å². The topological polar surface area (TPSA) is 56.5 Å². The first-order valence-electron chi connectivity index (χ1n) is 20.5. The van der Waals surface area contributed by atoms with E-state index in [1.807, 2.05) is 54.9 Å². The summed E-state index contributed by atoms with van der Waals surface area (Å²) in [4.78, 5) is 19.2. The van der Waals surface area contributed by atoms with E-state index >= 15 is 0 Å². The predicted octanol–water partition coefficient (Wildman–Crippen LogP) is 14.2. The first-order chi connectivity index (χ1) is 30.2. The molecule has 284 valence electrons. The van der Waals surface area contributed by atoms with E-state index in [1.165, 1.54) is 54.1 Å². The van der Waals surface area contributed by atoms with E-state index in [0.717, 1.165) is 44.6 Å². The Balaban J connectivity index is 0.984. The monoisotopic (exact) mass is 777 g/mol. The maximum absolute atomic E-state index is 5.04. The van der Waals surface area contributed by atoms with Gasteiger partial charge in [0, 0.05) is 50.9 Å². The highest BCUT2D eigenvalue weighted by atomic mass is 15.0. The van der Waals surface area contributed by atoms with Gasteiger partial charge in [-0.15, -0.1) is 0 Å². The number of benzene rings is 9. The molecule has 3 heterocycles. The van der Waals surface area contributed by atoms with Gasteiger partial charge in [0.1, 0.15) is 0 Å². The number of fused-ring (bicyclic) bond motifs is 10. The molecule has 5 nitrogen and oxygen atoms in total. The first-order valence-corrected chi connectivity index (χ1v) is 20.5. The third kappa shape index (κ3) is 5.86. The molecular formula is C56H35N5. The van der Waals surface area contributed by atoms with Crippen LogP contribution in [0.3, 0.4) is 0 Å². The van der Waals surface area contributed by atoms with Crippen LogP contribution < -0.4 is 0 Å². The van der Waals surface area contributed by atoms with Gasteiger partial charge in [-0.3, -0.25) is 4.98 Å². The Morgan fingerprint density at radius 2 is 0.738 bits per heavy atom. The van der Waals surface area contributed by atoms with Crippen LogP contribution >= 0.6 is 0 Å². The summed E-state index contributed by atoms with van der Waals surface area (Å²) < 4.78 is 2.40. The van der Waals surface area contributed by atoms with Crippen molar-refractivity contribution in [2.45, 2.75) is 0 Å². The summed E-state index contributed by atoms with van der Waals surface area (Å²) in [7, 11) is 0. The van der Waals surface area contributed by atoms with E-state index in [2.05, 4.69) is 167 Å². The molecule has 0 radical (unpaired) electrons. The summed E-state index contributed by atoms with van der Waals surface area (Å²) in [5.74, 6) is 1.89. The van der Waals surface area contributed by atoms with Crippen molar-refractivity contribution >= 4 is 54.1 Å². The molecule has 0 fully saturated rings. The minimum absolute atomic E-state index is 0.628. The van der Waals surface area contributed by atoms with Crippen molar-refractivity contribution in [3.05, 3.63) is 213 Å².